The van der Waals surface area contributed by atoms with Crippen molar-refractivity contribution in [2.75, 3.05) is 6.61 Å². The highest BCUT2D eigenvalue weighted by molar-refractivity contribution is 7.80. The van der Waals surface area contributed by atoms with Gasteiger partial charge in [-0.15, -0.1) is 0 Å². The van der Waals surface area contributed by atoms with Gasteiger partial charge in [-0.25, -0.2) is 4.79 Å². The summed E-state index contributed by atoms with van der Waals surface area (Å²) >= 11 is 4.41. The molecule has 0 bridgehead atoms. The number of hydrogen-bond donors (Lipinski definition) is 1. The summed E-state index contributed by atoms with van der Waals surface area (Å²) in [6, 6.07) is 0. The Bertz CT molecular complexity index is 183. The molecule has 1 aliphatic rings. The van der Waals surface area contributed by atoms with Crippen LogP contribution in [0.5, 0.6) is 0 Å². The molecule has 0 aromatic carbocycles. The third-order valence-electron chi connectivity index (χ3n) is 2.44. The Morgan fingerprint density at radius 1 is 1.46 bits per heavy atom. The van der Waals surface area contributed by atoms with E-state index in [0.717, 1.165) is 25.7 Å². The molecule has 0 aromatic rings. The molecule has 0 unspecified atom stereocenters. The Kier molecular flexibility index (Phi) is 4.36. The molecule has 1 saturated carbocycles. The third-order valence-corrected chi connectivity index (χ3v) is 2.96. The molecule has 0 N–H and O–H groups in total. The van der Waals surface area contributed by atoms with Crippen molar-refractivity contribution in [3.05, 3.63) is 12.7 Å². The van der Waals surface area contributed by atoms with E-state index >= 15 is 0 Å². The monoisotopic (exact) mass is 200 g/mol. The lowest BCUT2D eigenvalue weighted by atomic mass is 9.89. The largest absolute Gasteiger partial charge is 0.462 e. The Morgan fingerprint density at radius 2 is 2.08 bits per heavy atom. The Balaban J connectivity index is 2.15. The van der Waals surface area contributed by atoms with E-state index < -0.39 is 0 Å². The van der Waals surface area contributed by atoms with E-state index in [4.69, 9.17) is 4.74 Å². The minimum atomic E-state index is -0.312. The molecular formula is C10H16O2S. The van der Waals surface area contributed by atoms with Crippen LogP contribution in [0.1, 0.15) is 25.7 Å². The van der Waals surface area contributed by atoms with Gasteiger partial charge in [-0.1, -0.05) is 6.58 Å². The standard InChI is InChI=1S/C10H16O2S/c1-2-10(11)12-7-8-3-5-9(13)6-4-8/h2,8-9,13H,1,3-7H2. The van der Waals surface area contributed by atoms with E-state index in [0.29, 0.717) is 17.8 Å². The van der Waals surface area contributed by atoms with E-state index in [-0.39, 0.29) is 5.97 Å². The van der Waals surface area contributed by atoms with Gasteiger partial charge in [-0.2, -0.15) is 12.6 Å². The van der Waals surface area contributed by atoms with E-state index in [1.165, 1.54) is 6.08 Å². The Hall–Kier alpha value is -0.440. The van der Waals surface area contributed by atoms with Crippen LogP contribution in [0.25, 0.3) is 0 Å². The second-order valence-corrected chi connectivity index (χ2v) is 4.24. The predicted octanol–water partition coefficient (Wildman–Crippen LogP) is 2.20. The fourth-order valence-electron chi connectivity index (χ4n) is 1.57. The number of hydrogen-bond acceptors (Lipinski definition) is 3. The molecule has 3 heteroatoms. The summed E-state index contributed by atoms with van der Waals surface area (Å²) in [6.45, 7) is 3.90. The minimum Gasteiger partial charge on any atom is -0.462 e. The lowest BCUT2D eigenvalue weighted by Gasteiger charge is -2.24. The maximum absolute atomic E-state index is 10.8. The number of carbonyl (C=O) groups excluding carboxylic acids is 1. The maximum Gasteiger partial charge on any atom is 0.330 e. The number of carbonyl (C=O) groups is 1. The van der Waals surface area contributed by atoms with Crippen LogP contribution >= 0.6 is 12.6 Å². The maximum atomic E-state index is 10.8. The van der Waals surface area contributed by atoms with Crippen LogP contribution in [-0.2, 0) is 9.53 Å². The number of thiol groups is 1. The lowest BCUT2D eigenvalue weighted by molar-refractivity contribution is -0.139. The zero-order valence-corrected chi connectivity index (χ0v) is 8.63. The van der Waals surface area contributed by atoms with E-state index in [2.05, 4.69) is 19.2 Å². The molecule has 0 radical (unpaired) electrons. The zero-order chi connectivity index (χ0) is 9.68. The summed E-state index contributed by atoms with van der Waals surface area (Å²) in [7, 11) is 0. The Labute approximate surface area is 84.8 Å². The molecule has 1 fully saturated rings. The van der Waals surface area contributed by atoms with Gasteiger partial charge in [0.05, 0.1) is 6.61 Å². The van der Waals surface area contributed by atoms with Gasteiger partial charge in [0, 0.05) is 11.3 Å². The summed E-state index contributed by atoms with van der Waals surface area (Å²) in [5.41, 5.74) is 0. The summed E-state index contributed by atoms with van der Waals surface area (Å²) in [6.07, 6.45) is 5.74. The van der Waals surface area contributed by atoms with Gasteiger partial charge in [0.15, 0.2) is 0 Å². The zero-order valence-electron chi connectivity index (χ0n) is 7.74. The van der Waals surface area contributed by atoms with Gasteiger partial charge in [0.2, 0.25) is 0 Å². The molecule has 1 aliphatic carbocycles. The molecule has 0 heterocycles. The molecule has 13 heavy (non-hydrogen) atoms. The quantitative estimate of drug-likeness (QED) is 0.429. The number of esters is 1. The van der Waals surface area contributed by atoms with Crippen molar-refractivity contribution in [2.45, 2.75) is 30.9 Å². The predicted molar refractivity (Wildman–Crippen MR) is 55.9 cm³/mol. The van der Waals surface area contributed by atoms with Gasteiger partial charge in [-0.05, 0) is 31.6 Å². The van der Waals surface area contributed by atoms with Crippen LogP contribution in [0.2, 0.25) is 0 Å². The van der Waals surface area contributed by atoms with Gasteiger partial charge in [0.1, 0.15) is 0 Å². The van der Waals surface area contributed by atoms with Crippen LogP contribution in [0.4, 0.5) is 0 Å². The van der Waals surface area contributed by atoms with Crippen molar-refractivity contribution in [2.24, 2.45) is 5.92 Å². The fourth-order valence-corrected chi connectivity index (χ4v) is 1.87. The molecule has 0 saturated heterocycles. The van der Waals surface area contributed by atoms with Crippen molar-refractivity contribution in [1.29, 1.82) is 0 Å². The van der Waals surface area contributed by atoms with Crippen LogP contribution < -0.4 is 0 Å². The van der Waals surface area contributed by atoms with Gasteiger partial charge in [-0.3, -0.25) is 0 Å². The van der Waals surface area contributed by atoms with Crippen molar-refractivity contribution in [3.63, 3.8) is 0 Å². The second-order valence-electron chi connectivity index (χ2n) is 3.51. The van der Waals surface area contributed by atoms with Gasteiger partial charge >= 0.3 is 5.97 Å². The first kappa shape index (κ1) is 10.6. The summed E-state index contributed by atoms with van der Waals surface area (Å²) < 4.78 is 4.98. The average molecular weight is 200 g/mol. The SMILES string of the molecule is C=CC(=O)OCC1CCC(S)CC1. The molecular weight excluding hydrogens is 184 g/mol. The number of ether oxygens (including phenoxy) is 1. The molecule has 74 valence electrons. The molecule has 1 rings (SSSR count). The molecule has 2 nitrogen and oxygen atoms in total. The molecule has 0 amide bonds. The van der Waals surface area contributed by atoms with Gasteiger partial charge < -0.3 is 4.74 Å². The van der Waals surface area contributed by atoms with Crippen LogP contribution in [0.15, 0.2) is 12.7 Å². The molecule has 0 aromatic heterocycles. The Morgan fingerprint density at radius 3 is 2.62 bits per heavy atom. The van der Waals surface area contributed by atoms with Crippen LogP contribution in [-0.4, -0.2) is 17.8 Å². The van der Waals surface area contributed by atoms with Crippen molar-refractivity contribution < 1.29 is 9.53 Å². The van der Waals surface area contributed by atoms with Crippen molar-refractivity contribution in [3.8, 4) is 0 Å². The van der Waals surface area contributed by atoms with E-state index in [1.54, 1.807) is 0 Å². The highest BCUT2D eigenvalue weighted by atomic mass is 32.1. The molecule has 0 spiro atoms. The van der Waals surface area contributed by atoms with Crippen molar-refractivity contribution >= 4 is 18.6 Å². The summed E-state index contributed by atoms with van der Waals surface area (Å²) in [5, 5.41) is 0.548. The smallest absolute Gasteiger partial charge is 0.330 e. The lowest BCUT2D eigenvalue weighted by Crippen LogP contribution is -2.20. The first-order chi connectivity index (χ1) is 6.22. The molecule has 0 atom stereocenters. The second kappa shape index (κ2) is 5.32. The van der Waals surface area contributed by atoms with Gasteiger partial charge in [0.25, 0.3) is 0 Å². The van der Waals surface area contributed by atoms with E-state index in [9.17, 15) is 4.79 Å². The normalized spacial score (nSPS) is 28.1. The average Bonchev–Trinajstić information content (AvgIpc) is 2.16. The van der Waals surface area contributed by atoms with E-state index in [1.807, 2.05) is 0 Å². The van der Waals surface area contributed by atoms with Crippen LogP contribution in [0, 0.1) is 5.92 Å². The third kappa shape index (κ3) is 3.85. The first-order valence-electron chi connectivity index (χ1n) is 4.69. The summed E-state index contributed by atoms with van der Waals surface area (Å²) in [4.78, 5) is 10.8. The van der Waals surface area contributed by atoms with Crippen LogP contribution in [0.3, 0.4) is 0 Å². The number of rotatable bonds is 3. The fraction of sp³-hybridized carbons (Fsp3) is 0.700. The highest BCUT2D eigenvalue weighted by Crippen LogP contribution is 2.27. The summed E-state index contributed by atoms with van der Waals surface area (Å²) in [5.74, 6) is 0.222. The van der Waals surface area contributed by atoms with Crippen molar-refractivity contribution in [1.82, 2.24) is 0 Å². The minimum absolute atomic E-state index is 0.312. The topological polar surface area (TPSA) is 26.3 Å². The molecule has 0 aliphatic heterocycles. The first-order valence-corrected chi connectivity index (χ1v) is 5.21. The highest BCUT2D eigenvalue weighted by Gasteiger charge is 2.19.